The maximum absolute atomic E-state index is 13.2. The lowest BCUT2D eigenvalue weighted by Crippen LogP contribution is -2.34. The smallest absolute Gasteiger partial charge is 0.254 e. The third-order valence-electron chi connectivity index (χ3n) is 3.77. The van der Waals surface area contributed by atoms with Crippen molar-refractivity contribution in [3.05, 3.63) is 35.1 Å². The number of nitrogens with two attached hydrogens (primary N) is 1. The van der Waals surface area contributed by atoms with E-state index in [1.54, 1.807) is 11.0 Å². The average Bonchev–Trinajstić information content (AvgIpc) is 2.75. The second-order valence-corrected chi connectivity index (χ2v) is 5.45. The number of carbonyl (C=O) groups excluding carboxylic acids is 1. The molecule has 1 saturated heterocycles. The van der Waals surface area contributed by atoms with Crippen molar-refractivity contribution in [3.8, 4) is 0 Å². The van der Waals surface area contributed by atoms with Crippen LogP contribution in [0.5, 0.6) is 0 Å². The zero-order chi connectivity index (χ0) is 13.3. The third-order valence-corrected chi connectivity index (χ3v) is 3.77. The highest BCUT2D eigenvalue weighted by atomic mass is 35.5. The summed E-state index contributed by atoms with van der Waals surface area (Å²) in [6.45, 7) is 5.82. The van der Waals surface area contributed by atoms with Crippen LogP contribution in [0.1, 0.15) is 29.3 Å². The topological polar surface area (TPSA) is 46.3 Å². The van der Waals surface area contributed by atoms with Crippen molar-refractivity contribution in [1.29, 1.82) is 0 Å². The molecule has 106 valence electrons. The van der Waals surface area contributed by atoms with Gasteiger partial charge in [0, 0.05) is 18.7 Å². The molecule has 1 aliphatic heterocycles. The molecule has 2 rings (SSSR count). The fourth-order valence-electron chi connectivity index (χ4n) is 2.36. The van der Waals surface area contributed by atoms with Gasteiger partial charge in [0.1, 0.15) is 5.82 Å². The molecule has 1 amide bonds. The Labute approximate surface area is 119 Å². The number of nitrogens with zero attached hydrogens (tertiary/aromatic N) is 1. The van der Waals surface area contributed by atoms with Gasteiger partial charge in [-0.2, -0.15) is 0 Å². The van der Waals surface area contributed by atoms with Gasteiger partial charge in [-0.15, -0.1) is 12.4 Å². The lowest BCUT2D eigenvalue weighted by molar-refractivity contribution is 0.0775. The number of benzene rings is 1. The maximum atomic E-state index is 13.2. The number of rotatable bonds is 2. The molecule has 1 heterocycles. The molecule has 0 radical (unpaired) electrons. The van der Waals surface area contributed by atoms with Crippen LogP contribution in [-0.4, -0.2) is 30.4 Å². The molecular formula is C14H20ClFN2O. The molecule has 5 heteroatoms. The first-order valence-corrected chi connectivity index (χ1v) is 6.21. The Hall–Kier alpha value is -1.13. The van der Waals surface area contributed by atoms with Crippen molar-refractivity contribution >= 4 is 18.3 Å². The molecule has 1 atom stereocenters. The number of likely N-dealkylation sites (tertiary alicyclic amines) is 1. The first-order valence-electron chi connectivity index (χ1n) is 6.21. The van der Waals surface area contributed by atoms with Gasteiger partial charge in [0.15, 0.2) is 0 Å². The standard InChI is InChI=1S/C14H19FN2O.ClH/c1-10-3-4-11(15)7-12(10)13(18)17-6-5-14(2,8-16)9-17;/h3-4,7H,5-6,8-9,16H2,1-2H3;1H. The van der Waals surface area contributed by atoms with Gasteiger partial charge in [0.2, 0.25) is 0 Å². The highest BCUT2D eigenvalue weighted by Crippen LogP contribution is 2.29. The first-order chi connectivity index (χ1) is 8.45. The first kappa shape index (κ1) is 15.9. The molecule has 2 N–H and O–H groups in total. The Morgan fingerprint density at radius 1 is 1.53 bits per heavy atom. The average molecular weight is 287 g/mol. The molecule has 1 unspecified atom stereocenters. The van der Waals surface area contributed by atoms with Gasteiger partial charge < -0.3 is 10.6 Å². The van der Waals surface area contributed by atoms with Crippen LogP contribution in [0.15, 0.2) is 18.2 Å². The predicted molar refractivity (Wildman–Crippen MR) is 76.1 cm³/mol. The van der Waals surface area contributed by atoms with Crippen LogP contribution in [0, 0.1) is 18.2 Å². The van der Waals surface area contributed by atoms with Crippen LogP contribution in [-0.2, 0) is 0 Å². The van der Waals surface area contributed by atoms with E-state index in [0.717, 1.165) is 12.0 Å². The number of halogens is 2. The number of hydrogen-bond donors (Lipinski definition) is 1. The zero-order valence-electron chi connectivity index (χ0n) is 11.3. The molecule has 1 aliphatic rings. The fourth-order valence-corrected chi connectivity index (χ4v) is 2.36. The van der Waals surface area contributed by atoms with Crippen LogP contribution in [0.2, 0.25) is 0 Å². The number of hydrogen-bond acceptors (Lipinski definition) is 2. The van der Waals surface area contributed by atoms with Gasteiger partial charge in [-0.05, 0) is 43.0 Å². The summed E-state index contributed by atoms with van der Waals surface area (Å²) in [4.78, 5) is 14.1. The second kappa shape index (κ2) is 5.88. The molecule has 0 aromatic heterocycles. The highest BCUT2D eigenvalue weighted by molar-refractivity contribution is 5.95. The molecule has 0 spiro atoms. The minimum atomic E-state index is -0.371. The lowest BCUT2D eigenvalue weighted by atomic mass is 9.90. The van der Waals surface area contributed by atoms with E-state index in [0.29, 0.717) is 25.2 Å². The van der Waals surface area contributed by atoms with E-state index < -0.39 is 0 Å². The van der Waals surface area contributed by atoms with Gasteiger partial charge in [-0.3, -0.25) is 4.79 Å². The fraction of sp³-hybridized carbons (Fsp3) is 0.500. The maximum Gasteiger partial charge on any atom is 0.254 e. The highest BCUT2D eigenvalue weighted by Gasteiger charge is 2.35. The van der Waals surface area contributed by atoms with E-state index in [1.807, 2.05) is 6.92 Å². The van der Waals surface area contributed by atoms with Gasteiger partial charge >= 0.3 is 0 Å². The predicted octanol–water partition coefficient (Wildman–Crippen LogP) is 2.37. The summed E-state index contributed by atoms with van der Waals surface area (Å²) in [6.07, 6.45) is 0.906. The summed E-state index contributed by atoms with van der Waals surface area (Å²) in [7, 11) is 0. The molecule has 0 saturated carbocycles. The molecular weight excluding hydrogens is 267 g/mol. The normalized spacial score (nSPS) is 22.2. The van der Waals surface area contributed by atoms with E-state index >= 15 is 0 Å². The molecule has 1 aromatic carbocycles. The molecule has 3 nitrogen and oxygen atoms in total. The molecule has 1 fully saturated rings. The van der Waals surface area contributed by atoms with Crippen molar-refractivity contribution in [2.75, 3.05) is 19.6 Å². The number of carbonyl (C=O) groups is 1. The third kappa shape index (κ3) is 3.25. The monoisotopic (exact) mass is 286 g/mol. The molecule has 19 heavy (non-hydrogen) atoms. The largest absolute Gasteiger partial charge is 0.338 e. The van der Waals surface area contributed by atoms with Gasteiger partial charge in [-0.1, -0.05) is 13.0 Å². The van der Waals surface area contributed by atoms with Crippen LogP contribution in [0.25, 0.3) is 0 Å². The van der Waals surface area contributed by atoms with E-state index in [-0.39, 0.29) is 29.5 Å². The van der Waals surface area contributed by atoms with Crippen LogP contribution < -0.4 is 5.73 Å². The minimum absolute atomic E-state index is 0. The van der Waals surface area contributed by atoms with E-state index in [1.165, 1.54) is 12.1 Å². The van der Waals surface area contributed by atoms with E-state index in [4.69, 9.17) is 5.73 Å². The van der Waals surface area contributed by atoms with Crippen molar-refractivity contribution in [3.63, 3.8) is 0 Å². The second-order valence-electron chi connectivity index (χ2n) is 5.45. The van der Waals surface area contributed by atoms with Crippen molar-refractivity contribution in [2.24, 2.45) is 11.1 Å². The Morgan fingerprint density at radius 3 is 2.79 bits per heavy atom. The summed E-state index contributed by atoms with van der Waals surface area (Å²) in [5.41, 5.74) is 6.99. The zero-order valence-corrected chi connectivity index (χ0v) is 12.1. The summed E-state index contributed by atoms with van der Waals surface area (Å²) >= 11 is 0. The Balaban J connectivity index is 0.00000180. The van der Waals surface area contributed by atoms with Gasteiger partial charge in [-0.25, -0.2) is 4.39 Å². The van der Waals surface area contributed by atoms with Crippen molar-refractivity contribution in [1.82, 2.24) is 4.90 Å². The van der Waals surface area contributed by atoms with Crippen LogP contribution in [0.4, 0.5) is 4.39 Å². The van der Waals surface area contributed by atoms with Crippen molar-refractivity contribution < 1.29 is 9.18 Å². The Bertz CT molecular complexity index is 481. The van der Waals surface area contributed by atoms with E-state index in [9.17, 15) is 9.18 Å². The summed E-state index contributed by atoms with van der Waals surface area (Å²) in [5, 5.41) is 0. The van der Waals surface area contributed by atoms with Gasteiger partial charge in [0.25, 0.3) is 5.91 Å². The number of aryl methyl sites for hydroxylation is 1. The SMILES string of the molecule is Cc1ccc(F)cc1C(=O)N1CCC(C)(CN)C1.Cl. The summed E-state index contributed by atoms with van der Waals surface area (Å²) < 4.78 is 13.2. The molecule has 0 aliphatic carbocycles. The quantitative estimate of drug-likeness (QED) is 0.907. The van der Waals surface area contributed by atoms with Crippen LogP contribution in [0.3, 0.4) is 0 Å². The minimum Gasteiger partial charge on any atom is -0.338 e. The Morgan fingerprint density at radius 2 is 2.21 bits per heavy atom. The summed E-state index contributed by atoms with van der Waals surface area (Å²) in [5.74, 6) is -0.464. The molecule has 1 aromatic rings. The lowest BCUT2D eigenvalue weighted by Gasteiger charge is -2.23. The number of amides is 1. The van der Waals surface area contributed by atoms with E-state index in [2.05, 4.69) is 6.92 Å². The van der Waals surface area contributed by atoms with Crippen LogP contribution >= 0.6 is 12.4 Å². The Kier molecular flexibility index (Phi) is 4.93. The van der Waals surface area contributed by atoms with Gasteiger partial charge in [0.05, 0.1) is 0 Å². The van der Waals surface area contributed by atoms with Crippen molar-refractivity contribution in [2.45, 2.75) is 20.3 Å². The summed E-state index contributed by atoms with van der Waals surface area (Å²) in [6, 6.07) is 4.33. The molecule has 0 bridgehead atoms.